The Morgan fingerprint density at radius 2 is 1.65 bits per heavy atom. The Hall–Kier alpha value is -0.120. The third-order valence-electron chi connectivity index (χ3n) is 5.72. The summed E-state index contributed by atoms with van der Waals surface area (Å²) in [5.41, 5.74) is -0.191. The lowest BCUT2D eigenvalue weighted by molar-refractivity contribution is -0.0756. The van der Waals surface area contributed by atoms with E-state index in [1.165, 1.54) is 57.8 Å². The Kier molecular flexibility index (Phi) is 4.40. The molecule has 1 spiro atoms. The van der Waals surface area contributed by atoms with Crippen LogP contribution in [-0.4, -0.2) is 47.4 Å². The topological polar surface area (TPSA) is 32.7 Å². The van der Waals surface area contributed by atoms with E-state index in [0.717, 1.165) is 25.9 Å². The fraction of sp³-hybridized carbons (Fsp3) is 1.00. The molecule has 2 aliphatic carbocycles. The molecule has 2 saturated carbocycles. The SMILES string of the molecule is CN(CC1CCC2(CCCCC2)O1)CC1(O)CCCC1. The van der Waals surface area contributed by atoms with Gasteiger partial charge in [0.2, 0.25) is 0 Å². The van der Waals surface area contributed by atoms with Crippen LogP contribution in [0.3, 0.4) is 0 Å². The van der Waals surface area contributed by atoms with Gasteiger partial charge in [-0.2, -0.15) is 0 Å². The number of hydrogen-bond acceptors (Lipinski definition) is 3. The van der Waals surface area contributed by atoms with Crippen molar-refractivity contribution < 1.29 is 9.84 Å². The summed E-state index contributed by atoms with van der Waals surface area (Å²) >= 11 is 0. The average Bonchev–Trinajstić information content (AvgIpc) is 2.98. The van der Waals surface area contributed by atoms with Crippen molar-refractivity contribution in [3.63, 3.8) is 0 Å². The molecule has 1 aliphatic heterocycles. The van der Waals surface area contributed by atoms with Crippen molar-refractivity contribution in [1.29, 1.82) is 0 Å². The first-order valence-electron chi connectivity index (χ1n) is 8.68. The van der Waals surface area contributed by atoms with Crippen LogP contribution in [0.5, 0.6) is 0 Å². The number of ether oxygens (including phenoxy) is 1. The molecular weight excluding hydrogens is 250 g/mol. The molecule has 20 heavy (non-hydrogen) atoms. The van der Waals surface area contributed by atoms with Gasteiger partial charge in [0.15, 0.2) is 0 Å². The van der Waals surface area contributed by atoms with Gasteiger partial charge in [0.1, 0.15) is 0 Å². The molecular formula is C17H31NO2. The molecule has 116 valence electrons. The summed E-state index contributed by atoms with van der Waals surface area (Å²) in [5.74, 6) is 0. The minimum atomic E-state index is -0.421. The molecule has 1 N–H and O–H groups in total. The Morgan fingerprint density at radius 3 is 2.35 bits per heavy atom. The predicted molar refractivity (Wildman–Crippen MR) is 80.8 cm³/mol. The molecule has 0 aromatic carbocycles. The van der Waals surface area contributed by atoms with Crippen LogP contribution in [0.4, 0.5) is 0 Å². The second-order valence-electron chi connectivity index (χ2n) is 7.65. The fourth-order valence-corrected chi connectivity index (χ4v) is 4.69. The van der Waals surface area contributed by atoms with Gasteiger partial charge in [0.25, 0.3) is 0 Å². The molecule has 1 unspecified atom stereocenters. The average molecular weight is 281 g/mol. The first kappa shape index (κ1) is 14.8. The zero-order chi connectivity index (χ0) is 14.1. The lowest BCUT2D eigenvalue weighted by Gasteiger charge is -2.34. The molecule has 3 nitrogen and oxygen atoms in total. The maximum Gasteiger partial charge on any atom is 0.0774 e. The van der Waals surface area contributed by atoms with Crippen LogP contribution in [-0.2, 0) is 4.74 Å². The minimum Gasteiger partial charge on any atom is -0.389 e. The third-order valence-corrected chi connectivity index (χ3v) is 5.72. The van der Waals surface area contributed by atoms with Gasteiger partial charge in [-0.05, 0) is 45.6 Å². The van der Waals surface area contributed by atoms with Crippen molar-refractivity contribution in [3.05, 3.63) is 0 Å². The fourth-order valence-electron chi connectivity index (χ4n) is 4.69. The van der Waals surface area contributed by atoms with E-state index in [0.29, 0.717) is 6.10 Å². The third kappa shape index (κ3) is 3.37. The predicted octanol–water partition coefficient (Wildman–Crippen LogP) is 3.11. The highest BCUT2D eigenvalue weighted by molar-refractivity contribution is 4.93. The molecule has 0 aromatic heterocycles. The highest BCUT2D eigenvalue weighted by atomic mass is 16.5. The van der Waals surface area contributed by atoms with E-state index < -0.39 is 5.60 Å². The van der Waals surface area contributed by atoms with Crippen LogP contribution in [0.2, 0.25) is 0 Å². The summed E-state index contributed by atoms with van der Waals surface area (Å²) in [6, 6.07) is 0. The first-order chi connectivity index (χ1) is 9.59. The molecule has 0 amide bonds. The molecule has 1 saturated heterocycles. The van der Waals surface area contributed by atoms with Crippen LogP contribution in [0, 0.1) is 0 Å². The summed E-state index contributed by atoms with van der Waals surface area (Å²) in [4.78, 5) is 2.30. The van der Waals surface area contributed by atoms with E-state index in [2.05, 4.69) is 11.9 Å². The number of aliphatic hydroxyl groups is 1. The van der Waals surface area contributed by atoms with Crippen molar-refractivity contribution in [1.82, 2.24) is 4.90 Å². The Morgan fingerprint density at radius 1 is 1.00 bits per heavy atom. The molecule has 3 rings (SSSR count). The van der Waals surface area contributed by atoms with Crippen molar-refractivity contribution in [2.45, 2.75) is 87.9 Å². The standard InChI is InChI=1S/C17H31NO2/c1-18(14-16(19)8-5-6-9-16)13-15-7-12-17(20-15)10-3-2-4-11-17/h15,19H,2-14H2,1H3. The van der Waals surface area contributed by atoms with Gasteiger partial charge >= 0.3 is 0 Å². The van der Waals surface area contributed by atoms with Gasteiger partial charge in [-0.25, -0.2) is 0 Å². The zero-order valence-electron chi connectivity index (χ0n) is 13.1. The lowest BCUT2D eigenvalue weighted by atomic mass is 9.83. The first-order valence-corrected chi connectivity index (χ1v) is 8.68. The molecule has 3 fully saturated rings. The molecule has 0 bridgehead atoms. The van der Waals surface area contributed by atoms with Gasteiger partial charge in [-0.15, -0.1) is 0 Å². The van der Waals surface area contributed by atoms with Gasteiger partial charge < -0.3 is 14.7 Å². The minimum absolute atomic E-state index is 0.230. The summed E-state index contributed by atoms with van der Waals surface area (Å²) in [6.45, 7) is 1.81. The molecule has 3 aliphatic rings. The maximum absolute atomic E-state index is 10.5. The van der Waals surface area contributed by atoms with Crippen molar-refractivity contribution >= 4 is 0 Å². The Bertz CT molecular complexity index is 319. The summed E-state index contributed by atoms with van der Waals surface area (Å²) < 4.78 is 6.43. The number of rotatable bonds is 4. The smallest absolute Gasteiger partial charge is 0.0774 e. The monoisotopic (exact) mass is 281 g/mol. The van der Waals surface area contributed by atoms with Gasteiger partial charge in [-0.1, -0.05) is 32.1 Å². The van der Waals surface area contributed by atoms with E-state index in [9.17, 15) is 5.11 Å². The lowest BCUT2D eigenvalue weighted by Crippen LogP contribution is -2.42. The van der Waals surface area contributed by atoms with Gasteiger partial charge in [0, 0.05) is 13.1 Å². The van der Waals surface area contributed by atoms with Gasteiger partial charge in [0.05, 0.1) is 17.3 Å². The summed E-state index contributed by atoms with van der Waals surface area (Å²) in [6.07, 6.45) is 13.8. The Balaban J connectivity index is 1.46. The number of hydrogen-bond donors (Lipinski definition) is 1. The number of likely N-dealkylation sites (N-methyl/N-ethyl adjacent to an activating group) is 1. The molecule has 3 heteroatoms. The van der Waals surface area contributed by atoms with Crippen LogP contribution < -0.4 is 0 Å². The van der Waals surface area contributed by atoms with E-state index in [1.807, 2.05) is 0 Å². The summed E-state index contributed by atoms with van der Waals surface area (Å²) in [7, 11) is 2.14. The highest BCUT2D eigenvalue weighted by Gasteiger charge is 2.41. The van der Waals surface area contributed by atoms with Crippen molar-refractivity contribution in [2.24, 2.45) is 0 Å². The van der Waals surface area contributed by atoms with E-state index in [-0.39, 0.29) is 5.60 Å². The molecule has 1 atom stereocenters. The van der Waals surface area contributed by atoms with E-state index >= 15 is 0 Å². The van der Waals surface area contributed by atoms with Crippen molar-refractivity contribution in [3.8, 4) is 0 Å². The highest BCUT2D eigenvalue weighted by Crippen LogP contribution is 2.42. The van der Waals surface area contributed by atoms with E-state index in [1.54, 1.807) is 0 Å². The molecule has 1 heterocycles. The van der Waals surface area contributed by atoms with Gasteiger partial charge in [-0.3, -0.25) is 0 Å². The quantitative estimate of drug-likeness (QED) is 0.859. The maximum atomic E-state index is 10.5. The van der Waals surface area contributed by atoms with E-state index in [4.69, 9.17) is 4.74 Å². The second kappa shape index (κ2) is 5.94. The largest absolute Gasteiger partial charge is 0.389 e. The normalized spacial score (nSPS) is 32.2. The Labute approximate surface area is 123 Å². The number of nitrogens with zero attached hydrogens (tertiary/aromatic N) is 1. The molecule has 0 aromatic rings. The van der Waals surface area contributed by atoms with Crippen molar-refractivity contribution in [2.75, 3.05) is 20.1 Å². The van der Waals surface area contributed by atoms with Crippen LogP contribution in [0.1, 0.15) is 70.6 Å². The molecule has 0 radical (unpaired) electrons. The van der Waals surface area contributed by atoms with Crippen LogP contribution >= 0.6 is 0 Å². The van der Waals surface area contributed by atoms with Crippen LogP contribution in [0.15, 0.2) is 0 Å². The zero-order valence-corrected chi connectivity index (χ0v) is 13.1. The second-order valence-corrected chi connectivity index (χ2v) is 7.65. The summed E-state index contributed by atoms with van der Waals surface area (Å²) in [5, 5.41) is 10.5. The van der Waals surface area contributed by atoms with Crippen LogP contribution in [0.25, 0.3) is 0 Å².